The molecule has 0 bridgehead atoms. The fourth-order valence-electron chi connectivity index (χ4n) is 2.76. The van der Waals surface area contributed by atoms with E-state index in [2.05, 4.69) is 4.99 Å². The van der Waals surface area contributed by atoms with Gasteiger partial charge in [-0.2, -0.15) is 0 Å². The molecule has 0 saturated heterocycles. The van der Waals surface area contributed by atoms with Gasteiger partial charge in [-0.25, -0.2) is 4.39 Å². The summed E-state index contributed by atoms with van der Waals surface area (Å²) in [6, 6.07) is 14.0. The Bertz CT molecular complexity index is 716. The quantitative estimate of drug-likeness (QED) is 0.922. The average molecular weight is 304 g/mol. The van der Waals surface area contributed by atoms with Crippen molar-refractivity contribution in [3.05, 3.63) is 64.9 Å². The van der Waals surface area contributed by atoms with Gasteiger partial charge in [0.15, 0.2) is 5.96 Å². The molecule has 1 aliphatic rings. The zero-order valence-corrected chi connectivity index (χ0v) is 12.3. The van der Waals surface area contributed by atoms with E-state index in [1.54, 1.807) is 23.1 Å². The van der Waals surface area contributed by atoms with E-state index in [0.717, 1.165) is 5.69 Å². The van der Waals surface area contributed by atoms with Crippen molar-refractivity contribution in [2.24, 2.45) is 10.7 Å². The fourth-order valence-corrected chi connectivity index (χ4v) is 2.98. The summed E-state index contributed by atoms with van der Waals surface area (Å²) in [5.74, 6) is 0.0656. The second-order valence-electron chi connectivity index (χ2n) is 5.21. The number of benzene rings is 2. The van der Waals surface area contributed by atoms with Crippen molar-refractivity contribution in [1.82, 2.24) is 0 Å². The Morgan fingerprint density at radius 3 is 2.57 bits per heavy atom. The highest BCUT2D eigenvalue weighted by Crippen LogP contribution is 2.40. The van der Waals surface area contributed by atoms with E-state index in [4.69, 9.17) is 17.3 Å². The van der Waals surface area contributed by atoms with E-state index >= 15 is 0 Å². The second-order valence-corrected chi connectivity index (χ2v) is 5.62. The van der Waals surface area contributed by atoms with Crippen LogP contribution >= 0.6 is 11.6 Å². The lowest BCUT2D eigenvalue weighted by atomic mass is 9.90. The van der Waals surface area contributed by atoms with Crippen LogP contribution in [-0.2, 0) is 5.54 Å². The molecular weight excluding hydrogens is 289 g/mol. The normalized spacial score (nSPS) is 21.5. The zero-order chi connectivity index (χ0) is 15.0. The predicted molar refractivity (Wildman–Crippen MR) is 84.2 cm³/mol. The summed E-state index contributed by atoms with van der Waals surface area (Å²) in [7, 11) is 0. The van der Waals surface area contributed by atoms with Crippen LogP contribution in [0.15, 0.2) is 53.5 Å². The molecule has 2 N–H and O–H groups in total. The molecule has 0 amide bonds. The average Bonchev–Trinajstić information content (AvgIpc) is 2.77. The van der Waals surface area contributed by atoms with E-state index in [1.807, 2.05) is 31.2 Å². The van der Waals surface area contributed by atoms with E-state index < -0.39 is 5.54 Å². The van der Waals surface area contributed by atoms with Crippen molar-refractivity contribution in [1.29, 1.82) is 0 Å². The van der Waals surface area contributed by atoms with Crippen molar-refractivity contribution in [2.75, 3.05) is 11.4 Å². The third kappa shape index (κ3) is 2.16. The lowest BCUT2D eigenvalue weighted by Gasteiger charge is -2.37. The summed E-state index contributed by atoms with van der Waals surface area (Å²) in [4.78, 5) is 6.10. The molecule has 21 heavy (non-hydrogen) atoms. The molecule has 3 rings (SSSR count). The number of rotatable bonds is 2. The van der Waals surface area contributed by atoms with Crippen LogP contribution in [-0.4, -0.2) is 12.5 Å². The minimum absolute atomic E-state index is 0.276. The smallest absolute Gasteiger partial charge is 0.196 e. The highest BCUT2D eigenvalue weighted by molar-refractivity contribution is 6.34. The second kappa shape index (κ2) is 5.04. The molecule has 0 fully saturated rings. The highest BCUT2D eigenvalue weighted by Gasteiger charge is 2.42. The molecule has 1 heterocycles. The van der Waals surface area contributed by atoms with Crippen molar-refractivity contribution < 1.29 is 4.39 Å². The van der Waals surface area contributed by atoms with Gasteiger partial charge in [-0.3, -0.25) is 9.89 Å². The molecule has 1 unspecified atom stereocenters. The van der Waals surface area contributed by atoms with Crippen molar-refractivity contribution >= 4 is 23.2 Å². The van der Waals surface area contributed by atoms with Gasteiger partial charge in [0.1, 0.15) is 5.82 Å². The third-order valence-electron chi connectivity index (χ3n) is 3.82. The zero-order valence-electron chi connectivity index (χ0n) is 11.6. The number of hydrogen-bond donors (Lipinski definition) is 1. The van der Waals surface area contributed by atoms with E-state index in [1.165, 1.54) is 6.07 Å². The number of nitrogens with zero attached hydrogens (tertiary/aromatic N) is 2. The van der Waals surface area contributed by atoms with Crippen LogP contribution in [0.2, 0.25) is 5.02 Å². The summed E-state index contributed by atoms with van der Waals surface area (Å²) in [5, 5.41) is 0.556. The van der Waals surface area contributed by atoms with E-state index in [9.17, 15) is 4.39 Å². The number of para-hydroxylation sites is 1. The molecule has 2 aromatic carbocycles. The molecule has 3 nitrogen and oxygen atoms in total. The van der Waals surface area contributed by atoms with Gasteiger partial charge in [0.05, 0.1) is 22.8 Å². The monoisotopic (exact) mass is 303 g/mol. The Kier molecular flexibility index (Phi) is 3.33. The minimum atomic E-state index is -0.694. The lowest BCUT2D eigenvalue weighted by molar-refractivity contribution is 0.488. The van der Waals surface area contributed by atoms with E-state index in [0.29, 0.717) is 23.1 Å². The van der Waals surface area contributed by atoms with Gasteiger partial charge in [0.25, 0.3) is 0 Å². The van der Waals surface area contributed by atoms with Gasteiger partial charge in [-0.05, 0) is 25.1 Å². The van der Waals surface area contributed by atoms with Gasteiger partial charge in [0.2, 0.25) is 0 Å². The van der Waals surface area contributed by atoms with Crippen LogP contribution in [0.25, 0.3) is 0 Å². The summed E-state index contributed by atoms with van der Waals surface area (Å²) in [6.07, 6.45) is 0. The number of halogens is 2. The fraction of sp³-hybridized carbons (Fsp3) is 0.188. The predicted octanol–water partition coefficient (Wildman–Crippen LogP) is 3.53. The standard InChI is InChI=1S/C16H15ClFN3/c1-16(11-6-2-4-8-13(11)18)10-20-15(19)21(16)14-9-5-3-7-12(14)17/h2-9H,10H2,1H3,(H2,19,20). The first-order valence-corrected chi connectivity index (χ1v) is 7.01. The molecule has 108 valence electrons. The Labute approximate surface area is 127 Å². The summed E-state index contributed by atoms with van der Waals surface area (Å²) in [6.45, 7) is 2.29. The molecule has 0 radical (unpaired) electrons. The molecule has 2 aromatic rings. The summed E-state index contributed by atoms with van der Waals surface area (Å²) >= 11 is 6.28. The van der Waals surface area contributed by atoms with Crippen molar-refractivity contribution in [2.45, 2.75) is 12.5 Å². The van der Waals surface area contributed by atoms with Gasteiger partial charge in [0, 0.05) is 5.56 Å². The third-order valence-corrected chi connectivity index (χ3v) is 4.14. The van der Waals surface area contributed by atoms with E-state index in [-0.39, 0.29) is 5.82 Å². The number of anilines is 1. The van der Waals surface area contributed by atoms with Crippen LogP contribution in [0.5, 0.6) is 0 Å². The van der Waals surface area contributed by atoms with Gasteiger partial charge in [-0.1, -0.05) is 41.9 Å². The Balaban J connectivity index is 2.16. The van der Waals surface area contributed by atoms with Crippen LogP contribution in [0, 0.1) is 5.82 Å². The molecule has 1 aliphatic heterocycles. The highest BCUT2D eigenvalue weighted by atomic mass is 35.5. The van der Waals surface area contributed by atoms with Crippen molar-refractivity contribution in [3.63, 3.8) is 0 Å². The van der Waals surface area contributed by atoms with Crippen LogP contribution in [0.3, 0.4) is 0 Å². The SMILES string of the molecule is CC1(c2ccccc2F)CN=C(N)N1c1ccccc1Cl. The first kappa shape index (κ1) is 13.9. The summed E-state index contributed by atoms with van der Waals surface area (Å²) in [5.41, 5.74) is 6.62. The number of hydrogen-bond acceptors (Lipinski definition) is 3. The molecule has 0 saturated carbocycles. The maximum atomic E-state index is 14.3. The van der Waals surface area contributed by atoms with Crippen molar-refractivity contribution in [3.8, 4) is 0 Å². The van der Waals surface area contributed by atoms with Crippen LogP contribution in [0.4, 0.5) is 10.1 Å². The maximum Gasteiger partial charge on any atom is 0.196 e. The largest absolute Gasteiger partial charge is 0.369 e. The minimum Gasteiger partial charge on any atom is -0.369 e. The summed E-state index contributed by atoms with van der Waals surface area (Å²) < 4.78 is 14.3. The topological polar surface area (TPSA) is 41.6 Å². The molecule has 0 aromatic heterocycles. The number of nitrogens with two attached hydrogens (primary N) is 1. The molecular formula is C16H15ClFN3. The maximum absolute atomic E-state index is 14.3. The molecule has 0 aliphatic carbocycles. The van der Waals surface area contributed by atoms with Gasteiger partial charge in [-0.15, -0.1) is 0 Å². The van der Waals surface area contributed by atoms with Gasteiger partial charge >= 0.3 is 0 Å². The molecule has 1 atom stereocenters. The number of guanidine groups is 1. The Morgan fingerprint density at radius 1 is 1.19 bits per heavy atom. The number of aliphatic imine (C=N–C) groups is 1. The molecule has 0 spiro atoms. The van der Waals surface area contributed by atoms with Crippen LogP contribution < -0.4 is 10.6 Å². The Hall–Kier alpha value is -2.07. The van der Waals surface area contributed by atoms with Crippen LogP contribution in [0.1, 0.15) is 12.5 Å². The van der Waals surface area contributed by atoms with Gasteiger partial charge < -0.3 is 5.73 Å². The molecule has 5 heteroatoms. The first-order valence-electron chi connectivity index (χ1n) is 6.64. The lowest BCUT2D eigenvalue weighted by Crippen LogP contribution is -2.48. The first-order chi connectivity index (χ1) is 10.0. The Morgan fingerprint density at radius 2 is 1.86 bits per heavy atom.